The molecule has 21 heavy (non-hydrogen) atoms. The molecular formula is C15H14N2O4. The van der Waals surface area contributed by atoms with Gasteiger partial charge in [0, 0.05) is 24.5 Å². The van der Waals surface area contributed by atoms with Gasteiger partial charge in [-0.1, -0.05) is 18.2 Å². The molecule has 2 heterocycles. The van der Waals surface area contributed by atoms with Gasteiger partial charge in [0.25, 0.3) is 5.91 Å². The second kappa shape index (κ2) is 5.14. The van der Waals surface area contributed by atoms with Gasteiger partial charge in [0.1, 0.15) is 6.04 Å². The summed E-state index contributed by atoms with van der Waals surface area (Å²) in [5.74, 6) is -1.52. The molecule has 0 unspecified atom stereocenters. The number of aliphatic hydroxyl groups excluding tert-OH is 1. The van der Waals surface area contributed by atoms with Gasteiger partial charge in [0.15, 0.2) is 0 Å². The maximum Gasteiger partial charge on any atom is 0.326 e. The number of rotatable bonds is 2. The number of likely N-dealkylation sites (tertiary alicyclic amines) is 1. The van der Waals surface area contributed by atoms with Gasteiger partial charge in [-0.05, 0) is 12.1 Å². The molecule has 0 radical (unpaired) electrons. The Bertz CT molecular complexity index is 710. The van der Waals surface area contributed by atoms with Crippen molar-refractivity contribution in [2.45, 2.75) is 18.6 Å². The molecule has 0 spiro atoms. The van der Waals surface area contributed by atoms with Crippen molar-refractivity contribution >= 4 is 22.8 Å². The van der Waals surface area contributed by atoms with E-state index in [4.69, 9.17) is 0 Å². The summed E-state index contributed by atoms with van der Waals surface area (Å²) in [5, 5.41) is 19.7. The van der Waals surface area contributed by atoms with Gasteiger partial charge in [0.2, 0.25) is 0 Å². The predicted octanol–water partition coefficient (Wildman–Crippen LogP) is 0.895. The number of aromatic nitrogens is 1. The normalized spacial score (nSPS) is 21.7. The van der Waals surface area contributed by atoms with Crippen molar-refractivity contribution in [2.24, 2.45) is 0 Å². The van der Waals surface area contributed by atoms with E-state index in [0.29, 0.717) is 11.1 Å². The number of carbonyl (C=O) groups excluding carboxylic acids is 1. The molecule has 2 atom stereocenters. The van der Waals surface area contributed by atoms with Gasteiger partial charge in [-0.15, -0.1) is 0 Å². The molecule has 1 aromatic heterocycles. The lowest BCUT2D eigenvalue weighted by Crippen LogP contribution is -2.40. The number of fused-ring (bicyclic) bond motifs is 1. The van der Waals surface area contributed by atoms with Crippen molar-refractivity contribution in [1.82, 2.24) is 9.88 Å². The molecule has 2 aromatic rings. The number of pyridine rings is 1. The molecule has 6 nitrogen and oxygen atoms in total. The molecule has 1 aliphatic heterocycles. The molecule has 2 N–H and O–H groups in total. The summed E-state index contributed by atoms with van der Waals surface area (Å²) >= 11 is 0. The van der Waals surface area contributed by atoms with Gasteiger partial charge in [-0.2, -0.15) is 0 Å². The lowest BCUT2D eigenvalue weighted by molar-refractivity contribution is -0.141. The number of amides is 1. The molecule has 108 valence electrons. The third-order valence-corrected chi connectivity index (χ3v) is 3.69. The highest BCUT2D eigenvalue weighted by Crippen LogP contribution is 2.24. The van der Waals surface area contributed by atoms with E-state index in [2.05, 4.69) is 4.98 Å². The van der Waals surface area contributed by atoms with Crippen LogP contribution < -0.4 is 0 Å². The fourth-order valence-corrected chi connectivity index (χ4v) is 2.70. The van der Waals surface area contributed by atoms with Gasteiger partial charge < -0.3 is 15.1 Å². The summed E-state index contributed by atoms with van der Waals surface area (Å²) in [6, 6.07) is 7.82. The first-order chi connectivity index (χ1) is 10.1. The molecular weight excluding hydrogens is 272 g/mol. The number of aliphatic carboxylic acids is 1. The van der Waals surface area contributed by atoms with Crippen molar-refractivity contribution in [3.8, 4) is 0 Å². The van der Waals surface area contributed by atoms with E-state index in [1.54, 1.807) is 24.4 Å². The number of carboxylic acids is 1. The van der Waals surface area contributed by atoms with E-state index in [1.807, 2.05) is 12.1 Å². The maximum atomic E-state index is 12.6. The van der Waals surface area contributed by atoms with Crippen molar-refractivity contribution < 1.29 is 19.8 Å². The summed E-state index contributed by atoms with van der Waals surface area (Å²) < 4.78 is 0. The highest BCUT2D eigenvalue weighted by Gasteiger charge is 2.39. The van der Waals surface area contributed by atoms with Crippen LogP contribution in [0.4, 0.5) is 0 Å². The molecule has 1 fully saturated rings. The quantitative estimate of drug-likeness (QED) is 0.855. The Morgan fingerprint density at radius 1 is 1.24 bits per heavy atom. The second-order valence-electron chi connectivity index (χ2n) is 5.08. The summed E-state index contributed by atoms with van der Waals surface area (Å²) in [4.78, 5) is 29.3. The Kier molecular flexibility index (Phi) is 3.31. The third kappa shape index (κ3) is 2.34. The summed E-state index contributed by atoms with van der Waals surface area (Å²) in [7, 11) is 0. The fourth-order valence-electron chi connectivity index (χ4n) is 2.70. The van der Waals surface area contributed by atoms with Crippen LogP contribution in [-0.4, -0.2) is 50.7 Å². The van der Waals surface area contributed by atoms with Crippen LogP contribution in [0.1, 0.15) is 16.8 Å². The van der Waals surface area contributed by atoms with Gasteiger partial charge >= 0.3 is 5.97 Å². The first-order valence-electron chi connectivity index (χ1n) is 6.63. The SMILES string of the molecule is O=C(O)[C@H]1C[C@@H](O)CN1C(=O)c1cccc2cccnc12. The minimum atomic E-state index is -1.10. The van der Waals surface area contributed by atoms with Crippen LogP contribution in [0.25, 0.3) is 10.9 Å². The van der Waals surface area contributed by atoms with Crippen LogP contribution in [0.5, 0.6) is 0 Å². The Hall–Kier alpha value is -2.47. The molecule has 1 amide bonds. The smallest absolute Gasteiger partial charge is 0.326 e. The fraction of sp³-hybridized carbons (Fsp3) is 0.267. The number of β-amino-alcohol motifs (C(OH)–C–C–N with tert-alkyl or cyclic N) is 1. The number of carbonyl (C=O) groups is 2. The van der Waals surface area contributed by atoms with Crippen LogP contribution in [0.3, 0.4) is 0 Å². The zero-order chi connectivity index (χ0) is 15.0. The number of aliphatic hydroxyl groups is 1. The van der Waals surface area contributed by atoms with Crippen molar-refractivity contribution in [3.05, 3.63) is 42.1 Å². The van der Waals surface area contributed by atoms with Crippen LogP contribution in [0.15, 0.2) is 36.5 Å². The lowest BCUT2D eigenvalue weighted by Gasteiger charge is -2.21. The Balaban J connectivity index is 2.02. The summed E-state index contributed by atoms with van der Waals surface area (Å²) in [5.41, 5.74) is 0.893. The number of para-hydroxylation sites is 1. The van der Waals surface area contributed by atoms with E-state index < -0.39 is 24.0 Å². The summed E-state index contributed by atoms with van der Waals surface area (Å²) in [6.07, 6.45) is 0.837. The highest BCUT2D eigenvalue weighted by atomic mass is 16.4. The molecule has 0 bridgehead atoms. The van der Waals surface area contributed by atoms with Crippen LogP contribution >= 0.6 is 0 Å². The van der Waals surface area contributed by atoms with E-state index in [0.717, 1.165) is 5.39 Å². The minimum absolute atomic E-state index is 0.0268. The number of hydrogen-bond acceptors (Lipinski definition) is 4. The largest absolute Gasteiger partial charge is 0.480 e. The zero-order valence-electron chi connectivity index (χ0n) is 11.1. The van der Waals surface area contributed by atoms with Crippen molar-refractivity contribution in [1.29, 1.82) is 0 Å². The summed E-state index contributed by atoms with van der Waals surface area (Å²) in [6.45, 7) is 0.0268. The van der Waals surface area contributed by atoms with E-state index in [-0.39, 0.29) is 13.0 Å². The molecule has 1 saturated heterocycles. The van der Waals surface area contributed by atoms with E-state index >= 15 is 0 Å². The van der Waals surface area contributed by atoms with Gasteiger partial charge in [-0.3, -0.25) is 9.78 Å². The minimum Gasteiger partial charge on any atom is -0.480 e. The first-order valence-corrected chi connectivity index (χ1v) is 6.63. The zero-order valence-corrected chi connectivity index (χ0v) is 11.1. The highest BCUT2D eigenvalue weighted by molar-refractivity contribution is 6.06. The molecule has 1 aromatic carbocycles. The number of nitrogens with zero attached hydrogens (tertiary/aromatic N) is 2. The average Bonchev–Trinajstić information content (AvgIpc) is 2.88. The molecule has 6 heteroatoms. The van der Waals surface area contributed by atoms with Gasteiger partial charge in [-0.25, -0.2) is 4.79 Å². The third-order valence-electron chi connectivity index (χ3n) is 3.69. The number of benzene rings is 1. The topological polar surface area (TPSA) is 90.7 Å². The monoisotopic (exact) mass is 286 g/mol. The van der Waals surface area contributed by atoms with Crippen molar-refractivity contribution in [3.63, 3.8) is 0 Å². The first kappa shape index (κ1) is 13.5. The van der Waals surface area contributed by atoms with Gasteiger partial charge in [0.05, 0.1) is 17.2 Å². The number of carboxylic acid groups (broad SMARTS) is 1. The predicted molar refractivity (Wildman–Crippen MR) is 74.8 cm³/mol. The molecule has 0 saturated carbocycles. The van der Waals surface area contributed by atoms with E-state index in [9.17, 15) is 19.8 Å². The lowest BCUT2D eigenvalue weighted by atomic mass is 10.1. The molecule has 0 aliphatic carbocycles. The standard InChI is InChI=1S/C15H14N2O4/c18-10-7-12(15(20)21)17(8-10)14(19)11-5-1-3-9-4-2-6-16-13(9)11/h1-6,10,12,18H,7-8H2,(H,20,21)/t10-,12-/m1/s1. The Morgan fingerprint density at radius 3 is 2.76 bits per heavy atom. The average molecular weight is 286 g/mol. The van der Waals surface area contributed by atoms with Crippen LogP contribution in [0, 0.1) is 0 Å². The molecule has 1 aliphatic rings. The van der Waals surface area contributed by atoms with E-state index in [1.165, 1.54) is 4.90 Å². The van der Waals surface area contributed by atoms with Crippen molar-refractivity contribution in [2.75, 3.05) is 6.54 Å². The number of hydrogen-bond donors (Lipinski definition) is 2. The second-order valence-corrected chi connectivity index (χ2v) is 5.08. The Morgan fingerprint density at radius 2 is 2.00 bits per heavy atom. The maximum absolute atomic E-state index is 12.6. The van der Waals surface area contributed by atoms with Crippen LogP contribution in [0.2, 0.25) is 0 Å². The molecule has 3 rings (SSSR count). The van der Waals surface area contributed by atoms with Crippen LogP contribution in [-0.2, 0) is 4.79 Å². The Labute approximate surface area is 120 Å².